The number of carbonyl (C=O) groups is 1. The van der Waals surface area contributed by atoms with Crippen LogP contribution in [0.4, 0.5) is 0 Å². The third kappa shape index (κ3) is 2.56. The van der Waals surface area contributed by atoms with Crippen molar-refractivity contribution in [3.05, 3.63) is 29.8 Å². The largest absolute Gasteiger partial charge is 0.481 e. The number of thiazole rings is 1. The summed E-state index contributed by atoms with van der Waals surface area (Å²) in [5, 5.41) is 18.9. The molecule has 0 spiro atoms. The van der Waals surface area contributed by atoms with Gasteiger partial charge < -0.3 is 5.11 Å². The fourth-order valence-corrected chi connectivity index (χ4v) is 3.26. The number of carboxylic acid groups (broad SMARTS) is 1. The molecule has 19 heavy (non-hydrogen) atoms. The van der Waals surface area contributed by atoms with E-state index in [0.717, 1.165) is 4.34 Å². The predicted octanol–water partition coefficient (Wildman–Crippen LogP) is 1.36. The first-order chi connectivity index (χ1) is 9.22. The normalized spacial score (nSPS) is 10.9. The van der Waals surface area contributed by atoms with Crippen LogP contribution >= 0.6 is 23.1 Å². The van der Waals surface area contributed by atoms with Crippen molar-refractivity contribution >= 4 is 34.7 Å². The number of fused-ring (bicyclic) bond motifs is 1. The van der Waals surface area contributed by atoms with Gasteiger partial charge in [-0.25, -0.2) is 9.97 Å². The second-order valence-corrected chi connectivity index (χ2v) is 5.67. The van der Waals surface area contributed by atoms with Crippen molar-refractivity contribution < 1.29 is 9.90 Å². The van der Waals surface area contributed by atoms with Gasteiger partial charge in [0.2, 0.25) is 0 Å². The van der Waals surface area contributed by atoms with E-state index in [1.165, 1.54) is 23.1 Å². The number of aromatic nitrogens is 5. The second-order valence-electron chi connectivity index (χ2n) is 3.57. The molecule has 1 N–H and O–H groups in total. The van der Waals surface area contributed by atoms with Crippen LogP contribution in [0, 0.1) is 0 Å². The number of hydrogen-bond donors (Lipinski definition) is 1. The summed E-state index contributed by atoms with van der Waals surface area (Å²) in [6, 6.07) is 0. The first-order valence-electron chi connectivity index (χ1n) is 5.21. The molecule has 0 saturated heterocycles. The molecule has 0 fully saturated rings. The maximum absolute atomic E-state index is 10.6. The summed E-state index contributed by atoms with van der Waals surface area (Å²) in [7, 11) is 0. The van der Waals surface area contributed by atoms with Crippen molar-refractivity contribution in [3.8, 4) is 0 Å². The monoisotopic (exact) mass is 293 g/mol. The van der Waals surface area contributed by atoms with Crippen LogP contribution in [-0.4, -0.2) is 35.6 Å². The maximum atomic E-state index is 10.6. The molecule has 9 heteroatoms. The predicted molar refractivity (Wildman–Crippen MR) is 68.4 cm³/mol. The Morgan fingerprint density at radius 1 is 1.53 bits per heavy atom. The molecule has 0 atom stereocenters. The van der Waals surface area contributed by atoms with Gasteiger partial charge in [-0.3, -0.25) is 9.20 Å². The molecule has 3 aromatic heterocycles. The summed E-state index contributed by atoms with van der Waals surface area (Å²) < 4.78 is 2.50. The van der Waals surface area contributed by atoms with Gasteiger partial charge in [-0.2, -0.15) is 0 Å². The van der Waals surface area contributed by atoms with E-state index in [1.807, 2.05) is 0 Å². The molecule has 3 rings (SSSR count). The van der Waals surface area contributed by atoms with E-state index >= 15 is 0 Å². The first-order valence-corrected chi connectivity index (χ1v) is 6.90. The Hall–Kier alpha value is -2.00. The Kier molecular flexibility index (Phi) is 3.13. The molecule has 3 aromatic rings. The van der Waals surface area contributed by atoms with Crippen molar-refractivity contribution in [3.63, 3.8) is 0 Å². The average Bonchev–Trinajstić information content (AvgIpc) is 2.98. The van der Waals surface area contributed by atoms with E-state index in [2.05, 4.69) is 20.2 Å². The van der Waals surface area contributed by atoms with Crippen LogP contribution in [-0.2, 0) is 11.2 Å². The molecule has 7 nitrogen and oxygen atoms in total. The summed E-state index contributed by atoms with van der Waals surface area (Å²) in [5.74, 6) is -0.889. The molecule has 0 unspecified atom stereocenters. The van der Waals surface area contributed by atoms with E-state index in [1.54, 1.807) is 28.5 Å². The van der Waals surface area contributed by atoms with Gasteiger partial charge in [-0.05, 0) is 11.8 Å². The Labute approximate surface area is 115 Å². The molecule has 0 saturated carbocycles. The van der Waals surface area contributed by atoms with Gasteiger partial charge in [0.1, 0.15) is 11.4 Å². The summed E-state index contributed by atoms with van der Waals surface area (Å²) in [5.41, 5.74) is 1.20. The van der Waals surface area contributed by atoms with Crippen LogP contribution in [0.1, 0.15) is 5.69 Å². The van der Waals surface area contributed by atoms with E-state index in [-0.39, 0.29) is 6.42 Å². The highest BCUT2D eigenvalue weighted by Gasteiger charge is 2.11. The van der Waals surface area contributed by atoms with E-state index in [9.17, 15) is 4.79 Å². The van der Waals surface area contributed by atoms with Crippen LogP contribution in [0.25, 0.3) is 5.65 Å². The van der Waals surface area contributed by atoms with E-state index in [4.69, 9.17) is 5.11 Å². The Bertz CT molecular complexity index is 738. The van der Waals surface area contributed by atoms with Crippen LogP contribution in [0.15, 0.2) is 33.5 Å². The van der Waals surface area contributed by atoms with Crippen molar-refractivity contribution in [2.45, 2.75) is 15.8 Å². The summed E-state index contributed by atoms with van der Waals surface area (Å²) in [6.07, 6.45) is 4.94. The number of nitrogens with zero attached hydrogens (tertiary/aromatic N) is 5. The van der Waals surface area contributed by atoms with Crippen molar-refractivity contribution in [2.75, 3.05) is 0 Å². The summed E-state index contributed by atoms with van der Waals surface area (Å²) in [4.78, 5) is 19.1. The summed E-state index contributed by atoms with van der Waals surface area (Å²) >= 11 is 2.74. The van der Waals surface area contributed by atoms with Gasteiger partial charge in [0.15, 0.2) is 9.99 Å². The van der Waals surface area contributed by atoms with Crippen LogP contribution in [0.3, 0.4) is 0 Å². The standard InChI is InChI=1S/C10H7N5O2S2/c16-7(17)3-6-4-18-10(13-6)19-9-8-14-12-5-15(8)2-1-11-9/h1-2,4-5H,3H2,(H,16,17). The van der Waals surface area contributed by atoms with Crippen LogP contribution in [0.5, 0.6) is 0 Å². The lowest BCUT2D eigenvalue weighted by molar-refractivity contribution is -0.136. The van der Waals surface area contributed by atoms with Crippen LogP contribution < -0.4 is 0 Å². The minimum absolute atomic E-state index is 0.0698. The number of hydrogen-bond acceptors (Lipinski definition) is 7. The summed E-state index contributed by atoms with van der Waals surface area (Å²) in [6.45, 7) is 0. The van der Waals surface area contributed by atoms with Gasteiger partial charge in [0, 0.05) is 17.8 Å². The fraction of sp³-hybridized carbons (Fsp3) is 0.100. The molecular formula is C10H7N5O2S2. The van der Waals surface area contributed by atoms with Crippen molar-refractivity contribution in [1.82, 2.24) is 24.6 Å². The fourth-order valence-electron chi connectivity index (χ4n) is 1.46. The minimum atomic E-state index is -0.889. The zero-order chi connectivity index (χ0) is 13.2. The Morgan fingerprint density at radius 2 is 2.42 bits per heavy atom. The molecule has 0 aliphatic heterocycles. The molecule has 0 radical (unpaired) electrons. The van der Waals surface area contributed by atoms with Gasteiger partial charge in [-0.1, -0.05) is 0 Å². The second kappa shape index (κ2) is 4.94. The number of aliphatic carboxylic acids is 1. The lowest BCUT2D eigenvalue weighted by atomic mass is 10.3. The Morgan fingerprint density at radius 3 is 3.26 bits per heavy atom. The number of rotatable bonds is 4. The zero-order valence-corrected chi connectivity index (χ0v) is 11.1. The zero-order valence-electron chi connectivity index (χ0n) is 9.42. The molecule has 3 heterocycles. The molecular weight excluding hydrogens is 286 g/mol. The quantitative estimate of drug-likeness (QED) is 0.776. The smallest absolute Gasteiger partial charge is 0.309 e. The maximum Gasteiger partial charge on any atom is 0.309 e. The molecule has 96 valence electrons. The van der Waals surface area contributed by atoms with E-state index in [0.29, 0.717) is 16.4 Å². The third-order valence-electron chi connectivity index (χ3n) is 2.23. The lowest BCUT2D eigenvalue weighted by Crippen LogP contribution is -1.99. The number of carboxylic acids is 1. The van der Waals surface area contributed by atoms with Crippen molar-refractivity contribution in [1.29, 1.82) is 0 Å². The minimum Gasteiger partial charge on any atom is -0.481 e. The van der Waals surface area contributed by atoms with Gasteiger partial charge in [0.05, 0.1) is 12.1 Å². The lowest BCUT2D eigenvalue weighted by Gasteiger charge is -1.98. The molecule has 0 aliphatic rings. The van der Waals surface area contributed by atoms with Gasteiger partial charge in [0.25, 0.3) is 0 Å². The van der Waals surface area contributed by atoms with Gasteiger partial charge in [-0.15, -0.1) is 21.5 Å². The molecule has 0 aromatic carbocycles. The highest BCUT2D eigenvalue weighted by molar-refractivity contribution is 8.01. The first kappa shape index (κ1) is 12.1. The van der Waals surface area contributed by atoms with Gasteiger partial charge >= 0.3 is 5.97 Å². The SMILES string of the molecule is O=C(O)Cc1csc(Sc2nccn3cnnc23)n1. The van der Waals surface area contributed by atoms with E-state index < -0.39 is 5.97 Å². The highest BCUT2D eigenvalue weighted by Crippen LogP contribution is 2.30. The van der Waals surface area contributed by atoms with Crippen LogP contribution in [0.2, 0.25) is 0 Å². The molecule has 0 amide bonds. The highest BCUT2D eigenvalue weighted by atomic mass is 32.2. The molecule has 0 bridgehead atoms. The van der Waals surface area contributed by atoms with Crippen molar-refractivity contribution in [2.24, 2.45) is 0 Å². The Balaban J connectivity index is 1.86. The molecule has 0 aliphatic carbocycles. The average molecular weight is 293 g/mol. The third-order valence-corrected chi connectivity index (χ3v) is 4.20. The topological polar surface area (TPSA) is 93.3 Å².